The van der Waals surface area contributed by atoms with E-state index in [2.05, 4.69) is 26.0 Å². The highest BCUT2D eigenvalue weighted by molar-refractivity contribution is 4.92. The molecule has 58 valence electrons. The third kappa shape index (κ3) is 1.40. The maximum absolute atomic E-state index is 5.19. The summed E-state index contributed by atoms with van der Waals surface area (Å²) in [5.41, 5.74) is 0.506. The van der Waals surface area contributed by atoms with E-state index >= 15 is 0 Å². The fourth-order valence-electron chi connectivity index (χ4n) is 1.22. The van der Waals surface area contributed by atoms with Crippen molar-refractivity contribution in [3.05, 3.63) is 12.2 Å². The van der Waals surface area contributed by atoms with E-state index < -0.39 is 0 Å². The van der Waals surface area contributed by atoms with Crippen molar-refractivity contribution in [1.82, 2.24) is 0 Å². The molecular formula is C9H16O. The van der Waals surface area contributed by atoms with Crippen LogP contribution >= 0.6 is 0 Å². The Bertz CT molecular complexity index is 117. The SMILES string of the molecule is C/C=C/CC1(CC)COC1. The summed E-state index contributed by atoms with van der Waals surface area (Å²) in [4.78, 5) is 0. The Morgan fingerprint density at radius 2 is 2.20 bits per heavy atom. The van der Waals surface area contributed by atoms with Gasteiger partial charge < -0.3 is 4.74 Å². The summed E-state index contributed by atoms with van der Waals surface area (Å²) in [6.45, 7) is 6.25. The van der Waals surface area contributed by atoms with Gasteiger partial charge in [-0.25, -0.2) is 0 Å². The summed E-state index contributed by atoms with van der Waals surface area (Å²) in [5, 5.41) is 0. The molecule has 1 aliphatic rings. The molecule has 10 heavy (non-hydrogen) atoms. The highest BCUT2D eigenvalue weighted by Crippen LogP contribution is 2.34. The second-order valence-electron chi connectivity index (χ2n) is 3.12. The van der Waals surface area contributed by atoms with Crippen LogP contribution < -0.4 is 0 Å². The van der Waals surface area contributed by atoms with Crippen LogP contribution in [0.25, 0.3) is 0 Å². The largest absolute Gasteiger partial charge is 0.380 e. The van der Waals surface area contributed by atoms with Crippen LogP contribution in [0, 0.1) is 5.41 Å². The fraction of sp³-hybridized carbons (Fsp3) is 0.778. The molecule has 0 aromatic rings. The lowest BCUT2D eigenvalue weighted by Crippen LogP contribution is -2.41. The molecule has 0 amide bonds. The third-order valence-corrected chi connectivity index (χ3v) is 2.35. The lowest BCUT2D eigenvalue weighted by Gasteiger charge is -2.40. The van der Waals surface area contributed by atoms with E-state index in [9.17, 15) is 0 Å². The monoisotopic (exact) mass is 140 g/mol. The molecule has 0 spiro atoms. The van der Waals surface area contributed by atoms with Crippen molar-refractivity contribution >= 4 is 0 Å². The van der Waals surface area contributed by atoms with Crippen LogP contribution in [0.1, 0.15) is 26.7 Å². The van der Waals surface area contributed by atoms with E-state index in [-0.39, 0.29) is 0 Å². The van der Waals surface area contributed by atoms with Crippen LogP contribution in [0.2, 0.25) is 0 Å². The predicted molar refractivity (Wildman–Crippen MR) is 43.0 cm³/mol. The number of hydrogen-bond donors (Lipinski definition) is 0. The second-order valence-corrected chi connectivity index (χ2v) is 3.12. The van der Waals surface area contributed by atoms with Crippen molar-refractivity contribution in [2.75, 3.05) is 13.2 Å². The van der Waals surface area contributed by atoms with Crippen molar-refractivity contribution in [1.29, 1.82) is 0 Å². The van der Waals surface area contributed by atoms with Gasteiger partial charge in [0.2, 0.25) is 0 Å². The molecule has 1 fully saturated rings. The Hall–Kier alpha value is -0.300. The van der Waals surface area contributed by atoms with Gasteiger partial charge in [-0.1, -0.05) is 19.1 Å². The summed E-state index contributed by atoms with van der Waals surface area (Å²) in [5.74, 6) is 0. The minimum absolute atomic E-state index is 0.506. The van der Waals surface area contributed by atoms with Crippen LogP contribution in [0.15, 0.2) is 12.2 Å². The van der Waals surface area contributed by atoms with Gasteiger partial charge in [0.1, 0.15) is 0 Å². The Morgan fingerprint density at radius 1 is 1.50 bits per heavy atom. The molecule has 1 aliphatic heterocycles. The number of rotatable bonds is 3. The van der Waals surface area contributed by atoms with Crippen LogP contribution in [-0.4, -0.2) is 13.2 Å². The van der Waals surface area contributed by atoms with Crippen molar-refractivity contribution in [3.63, 3.8) is 0 Å². The Balaban J connectivity index is 2.33. The van der Waals surface area contributed by atoms with E-state index in [1.165, 1.54) is 12.8 Å². The molecule has 1 heterocycles. The van der Waals surface area contributed by atoms with Gasteiger partial charge >= 0.3 is 0 Å². The summed E-state index contributed by atoms with van der Waals surface area (Å²) < 4.78 is 5.19. The molecule has 0 aliphatic carbocycles. The molecule has 0 aromatic heterocycles. The molecule has 0 aromatic carbocycles. The molecule has 0 radical (unpaired) electrons. The average molecular weight is 140 g/mol. The molecular weight excluding hydrogens is 124 g/mol. The number of allylic oxidation sites excluding steroid dienone is 2. The lowest BCUT2D eigenvalue weighted by atomic mass is 9.80. The van der Waals surface area contributed by atoms with Crippen molar-refractivity contribution in [2.45, 2.75) is 26.7 Å². The first-order valence-electron chi connectivity index (χ1n) is 4.02. The fourth-order valence-corrected chi connectivity index (χ4v) is 1.22. The highest BCUT2D eigenvalue weighted by Gasteiger charge is 2.34. The maximum Gasteiger partial charge on any atom is 0.0547 e. The lowest BCUT2D eigenvalue weighted by molar-refractivity contribution is -0.112. The topological polar surface area (TPSA) is 9.23 Å². The number of ether oxygens (including phenoxy) is 1. The zero-order chi connectivity index (χ0) is 7.45. The summed E-state index contributed by atoms with van der Waals surface area (Å²) in [6, 6.07) is 0. The van der Waals surface area contributed by atoms with Crippen molar-refractivity contribution in [3.8, 4) is 0 Å². The zero-order valence-electron chi connectivity index (χ0n) is 6.89. The van der Waals surface area contributed by atoms with Crippen LogP contribution in [-0.2, 0) is 4.74 Å². The van der Waals surface area contributed by atoms with Gasteiger partial charge in [-0.3, -0.25) is 0 Å². The predicted octanol–water partition coefficient (Wildman–Crippen LogP) is 2.38. The van der Waals surface area contributed by atoms with Crippen LogP contribution in [0.4, 0.5) is 0 Å². The molecule has 1 rings (SSSR count). The summed E-state index contributed by atoms with van der Waals surface area (Å²) in [6.07, 6.45) is 6.80. The maximum atomic E-state index is 5.19. The van der Waals surface area contributed by atoms with Gasteiger partial charge in [0, 0.05) is 5.41 Å². The van der Waals surface area contributed by atoms with Gasteiger partial charge in [0.25, 0.3) is 0 Å². The van der Waals surface area contributed by atoms with Crippen molar-refractivity contribution in [2.24, 2.45) is 5.41 Å². The molecule has 0 N–H and O–H groups in total. The minimum Gasteiger partial charge on any atom is -0.380 e. The first kappa shape index (κ1) is 7.80. The van der Waals surface area contributed by atoms with Crippen LogP contribution in [0.5, 0.6) is 0 Å². The highest BCUT2D eigenvalue weighted by atomic mass is 16.5. The molecule has 0 unspecified atom stereocenters. The first-order valence-corrected chi connectivity index (χ1v) is 4.02. The smallest absolute Gasteiger partial charge is 0.0547 e. The van der Waals surface area contributed by atoms with E-state index in [4.69, 9.17) is 4.74 Å². The molecule has 1 heteroatoms. The quantitative estimate of drug-likeness (QED) is 0.547. The third-order valence-electron chi connectivity index (χ3n) is 2.35. The normalized spacial score (nSPS) is 23.0. The van der Waals surface area contributed by atoms with E-state index in [0.717, 1.165) is 13.2 Å². The molecule has 0 bridgehead atoms. The average Bonchev–Trinajstić information content (AvgIpc) is 1.87. The van der Waals surface area contributed by atoms with Crippen LogP contribution in [0.3, 0.4) is 0 Å². The first-order chi connectivity index (χ1) is 4.83. The van der Waals surface area contributed by atoms with E-state index in [1.807, 2.05) is 0 Å². The standard InChI is InChI=1S/C9H16O/c1-3-5-6-9(4-2)7-10-8-9/h3,5H,4,6-8H2,1-2H3/b5-3+. The van der Waals surface area contributed by atoms with Gasteiger partial charge in [0.05, 0.1) is 13.2 Å². The van der Waals surface area contributed by atoms with Crippen molar-refractivity contribution < 1.29 is 4.74 Å². The summed E-state index contributed by atoms with van der Waals surface area (Å²) >= 11 is 0. The van der Waals surface area contributed by atoms with E-state index in [0.29, 0.717) is 5.41 Å². The number of hydrogen-bond acceptors (Lipinski definition) is 1. The molecule has 1 saturated heterocycles. The molecule has 1 nitrogen and oxygen atoms in total. The molecule has 0 atom stereocenters. The molecule has 0 saturated carbocycles. The van der Waals surface area contributed by atoms with E-state index in [1.54, 1.807) is 0 Å². The Labute approximate surface area is 63.1 Å². The Morgan fingerprint density at radius 3 is 2.50 bits per heavy atom. The van der Waals surface area contributed by atoms with Gasteiger partial charge in [-0.2, -0.15) is 0 Å². The Kier molecular flexibility index (Phi) is 2.50. The summed E-state index contributed by atoms with van der Waals surface area (Å²) in [7, 11) is 0. The minimum atomic E-state index is 0.506. The van der Waals surface area contributed by atoms with Gasteiger partial charge in [-0.05, 0) is 19.8 Å². The second kappa shape index (κ2) is 3.20. The van der Waals surface area contributed by atoms with Gasteiger partial charge in [0.15, 0.2) is 0 Å². The van der Waals surface area contributed by atoms with Gasteiger partial charge in [-0.15, -0.1) is 0 Å². The zero-order valence-corrected chi connectivity index (χ0v) is 6.89.